The SMILES string of the molecule is CS(=O)(=O)c1ccccc1C(NCC(F)(F)F)C(c1cccnc1)c1cccnc1. The molecule has 0 amide bonds. The second-order valence-corrected chi connectivity index (χ2v) is 8.82. The summed E-state index contributed by atoms with van der Waals surface area (Å²) in [5.41, 5.74) is 1.52. The zero-order chi connectivity index (χ0) is 21.8. The molecule has 2 aromatic heterocycles. The largest absolute Gasteiger partial charge is 0.401 e. The summed E-state index contributed by atoms with van der Waals surface area (Å²) in [6, 6.07) is 11.9. The third-order valence-corrected chi connectivity index (χ3v) is 5.77. The molecule has 30 heavy (non-hydrogen) atoms. The Balaban J connectivity index is 2.22. The number of sulfone groups is 1. The van der Waals surface area contributed by atoms with Crippen LogP contribution in [0.3, 0.4) is 0 Å². The first-order chi connectivity index (χ1) is 14.2. The average molecular weight is 435 g/mol. The summed E-state index contributed by atoms with van der Waals surface area (Å²) in [5, 5.41) is 2.54. The molecule has 3 rings (SSSR count). The van der Waals surface area contributed by atoms with E-state index in [2.05, 4.69) is 15.3 Å². The van der Waals surface area contributed by atoms with E-state index in [4.69, 9.17) is 0 Å². The number of aromatic nitrogens is 2. The molecule has 2 heterocycles. The van der Waals surface area contributed by atoms with Gasteiger partial charge in [0.25, 0.3) is 0 Å². The first-order valence-corrected chi connectivity index (χ1v) is 10.9. The van der Waals surface area contributed by atoms with E-state index in [9.17, 15) is 21.6 Å². The monoisotopic (exact) mass is 435 g/mol. The van der Waals surface area contributed by atoms with Crippen LogP contribution in [0.4, 0.5) is 13.2 Å². The highest BCUT2D eigenvalue weighted by atomic mass is 32.2. The van der Waals surface area contributed by atoms with Crippen LogP contribution in [-0.2, 0) is 9.84 Å². The Morgan fingerprint density at radius 2 is 1.50 bits per heavy atom. The quantitative estimate of drug-likeness (QED) is 0.609. The zero-order valence-electron chi connectivity index (χ0n) is 16.0. The maximum Gasteiger partial charge on any atom is 0.401 e. The molecule has 5 nitrogen and oxygen atoms in total. The predicted octanol–water partition coefficient (Wildman–Crippen LogP) is 3.91. The van der Waals surface area contributed by atoms with Crippen molar-refractivity contribution in [2.45, 2.75) is 23.0 Å². The van der Waals surface area contributed by atoms with Crippen LogP contribution in [0.15, 0.2) is 78.2 Å². The van der Waals surface area contributed by atoms with Crippen LogP contribution < -0.4 is 5.32 Å². The summed E-state index contributed by atoms with van der Waals surface area (Å²) in [6.07, 6.45) is 2.80. The molecule has 0 bridgehead atoms. The summed E-state index contributed by atoms with van der Waals surface area (Å²) in [4.78, 5) is 8.17. The number of pyridine rings is 2. The van der Waals surface area contributed by atoms with Crippen LogP contribution in [0.5, 0.6) is 0 Å². The third kappa shape index (κ3) is 5.43. The van der Waals surface area contributed by atoms with Crippen molar-refractivity contribution < 1.29 is 21.6 Å². The van der Waals surface area contributed by atoms with Gasteiger partial charge in [-0.1, -0.05) is 30.3 Å². The summed E-state index contributed by atoms with van der Waals surface area (Å²) < 4.78 is 64.1. The van der Waals surface area contributed by atoms with Crippen LogP contribution in [0.2, 0.25) is 0 Å². The van der Waals surface area contributed by atoms with Crippen molar-refractivity contribution in [1.82, 2.24) is 15.3 Å². The second kappa shape index (κ2) is 8.93. The molecule has 9 heteroatoms. The molecule has 0 aliphatic rings. The van der Waals surface area contributed by atoms with E-state index in [1.165, 1.54) is 12.1 Å². The van der Waals surface area contributed by atoms with Gasteiger partial charge in [-0.05, 0) is 34.9 Å². The number of alkyl halides is 3. The molecule has 1 unspecified atom stereocenters. The Bertz CT molecular complexity index is 1040. The fourth-order valence-corrected chi connectivity index (χ4v) is 4.35. The minimum atomic E-state index is -4.48. The maximum atomic E-state index is 13.1. The molecule has 0 saturated heterocycles. The van der Waals surface area contributed by atoms with Gasteiger partial charge in [-0.2, -0.15) is 13.2 Å². The molecule has 0 radical (unpaired) electrons. The summed E-state index contributed by atoms with van der Waals surface area (Å²) in [7, 11) is -3.68. The molecule has 0 fully saturated rings. The van der Waals surface area contributed by atoms with Crippen LogP contribution >= 0.6 is 0 Å². The van der Waals surface area contributed by atoms with Gasteiger partial charge in [-0.25, -0.2) is 8.42 Å². The van der Waals surface area contributed by atoms with Crippen LogP contribution in [-0.4, -0.2) is 37.4 Å². The van der Waals surface area contributed by atoms with E-state index in [1.54, 1.807) is 61.2 Å². The minimum Gasteiger partial charge on any atom is -0.301 e. The van der Waals surface area contributed by atoms with Crippen LogP contribution in [0, 0.1) is 0 Å². The first-order valence-electron chi connectivity index (χ1n) is 9.06. The Morgan fingerprint density at radius 3 is 1.97 bits per heavy atom. The van der Waals surface area contributed by atoms with Crippen molar-refractivity contribution in [2.24, 2.45) is 0 Å². The van der Waals surface area contributed by atoms with Gasteiger partial charge in [-0.3, -0.25) is 9.97 Å². The first kappa shape index (κ1) is 21.9. The molecular formula is C21H20F3N3O2S. The van der Waals surface area contributed by atoms with Gasteiger partial charge >= 0.3 is 6.18 Å². The molecule has 3 aromatic rings. The van der Waals surface area contributed by atoms with Gasteiger partial charge in [-0.15, -0.1) is 0 Å². The van der Waals surface area contributed by atoms with E-state index in [0.717, 1.165) is 6.26 Å². The van der Waals surface area contributed by atoms with E-state index in [-0.39, 0.29) is 10.5 Å². The lowest BCUT2D eigenvalue weighted by molar-refractivity contribution is -0.126. The fraction of sp³-hybridized carbons (Fsp3) is 0.238. The molecule has 1 aromatic carbocycles. The molecule has 0 spiro atoms. The maximum absolute atomic E-state index is 13.1. The lowest BCUT2D eigenvalue weighted by Crippen LogP contribution is -2.36. The van der Waals surface area contributed by atoms with Crippen molar-refractivity contribution in [3.63, 3.8) is 0 Å². The predicted molar refractivity (Wildman–Crippen MR) is 107 cm³/mol. The Kier molecular flexibility index (Phi) is 6.52. The zero-order valence-corrected chi connectivity index (χ0v) is 16.9. The molecule has 0 saturated carbocycles. The number of rotatable bonds is 7. The van der Waals surface area contributed by atoms with E-state index < -0.39 is 34.5 Å². The van der Waals surface area contributed by atoms with Crippen LogP contribution in [0.25, 0.3) is 0 Å². The topological polar surface area (TPSA) is 72.0 Å². The normalized spacial score (nSPS) is 13.4. The third-order valence-electron chi connectivity index (χ3n) is 4.60. The molecule has 1 N–H and O–H groups in total. The van der Waals surface area contributed by atoms with Gasteiger partial charge < -0.3 is 5.32 Å². The summed E-state index contributed by atoms with van der Waals surface area (Å²) in [6.45, 7) is -1.28. The van der Waals surface area contributed by atoms with Gasteiger partial charge in [0.05, 0.1) is 11.4 Å². The molecule has 158 valence electrons. The number of benzene rings is 1. The number of nitrogens with one attached hydrogen (secondary N) is 1. The average Bonchev–Trinajstić information content (AvgIpc) is 2.71. The number of hydrogen-bond acceptors (Lipinski definition) is 5. The number of hydrogen-bond donors (Lipinski definition) is 1. The highest BCUT2D eigenvalue weighted by Gasteiger charge is 2.34. The fourth-order valence-electron chi connectivity index (χ4n) is 3.41. The van der Waals surface area contributed by atoms with E-state index in [1.807, 2.05) is 0 Å². The van der Waals surface area contributed by atoms with Crippen molar-refractivity contribution in [3.8, 4) is 0 Å². The van der Waals surface area contributed by atoms with Crippen LogP contribution in [0.1, 0.15) is 28.7 Å². The lowest BCUT2D eigenvalue weighted by atomic mass is 9.83. The Morgan fingerprint density at radius 1 is 0.933 bits per heavy atom. The van der Waals surface area contributed by atoms with Gasteiger partial charge in [0, 0.05) is 43.0 Å². The van der Waals surface area contributed by atoms with Crippen molar-refractivity contribution >= 4 is 9.84 Å². The lowest BCUT2D eigenvalue weighted by Gasteiger charge is -2.30. The minimum absolute atomic E-state index is 0.0255. The van der Waals surface area contributed by atoms with Gasteiger partial charge in [0.2, 0.25) is 0 Å². The molecule has 1 atom stereocenters. The standard InChI is InChI=1S/C21H20F3N3O2S/c1-30(28,29)18-9-3-2-8-17(18)20(27-14-21(22,23)24)19(15-6-4-10-25-12-15)16-7-5-11-26-13-16/h2-13,19-20,27H,14H2,1H3. The molecular weight excluding hydrogens is 415 g/mol. The van der Waals surface area contributed by atoms with E-state index >= 15 is 0 Å². The number of halogens is 3. The molecule has 0 aliphatic heterocycles. The summed E-state index contributed by atoms with van der Waals surface area (Å²) >= 11 is 0. The highest BCUT2D eigenvalue weighted by molar-refractivity contribution is 7.90. The number of nitrogens with zero attached hydrogens (tertiary/aromatic N) is 2. The highest BCUT2D eigenvalue weighted by Crippen LogP contribution is 2.39. The summed E-state index contributed by atoms with van der Waals surface area (Å²) in [5.74, 6) is -0.655. The van der Waals surface area contributed by atoms with Crippen molar-refractivity contribution in [3.05, 3.63) is 90.0 Å². The van der Waals surface area contributed by atoms with Crippen molar-refractivity contribution in [1.29, 1.82) is 0 Å². The Hall–Kier alpha value is -2.78. The second-order valence-electron chi connectivity index (χ2n) is 6.83. The van der Waals surface area contributed by atoms with Gasteiger partial charge in [0.15, 0.2) is 9.84 Å². The smallest absolute Gasteiger partial charge is 0.301 e. The molecule has 0 aliphatic carbocycles. The Labute approximate surface area is 172 Å². The van der Waals surface area contributed by atoms with Gasteiger partial charge in [0.1, 0.15) is 0 Å². The van der Waals surface area contributed by atoms with Crippen molar-refractivity contribution in [2.75, 3.05) is 12.8 Å². The van der Waals surface area contributed by atoms with E-state index in [0.29, 0.717) is 11.1 Å².